The van der Waals surface area contributed by atoms with E-state index in [0.717, 1.165) is 38.1 Å². The normalized spacial score (nSPS) is 14.7. The minimum Gasteiger partial charge on any atom is -0.491 e. The van der Waals surface area contributed by atoms with Gasteiger partial charge in [-0.1, -0.05) is 12.1 Å². The fraction of sp³-hybridized carbons (Fsp3) is 0.364. The van der Waals surface area contributed by atoms with Crippen LogP contribution in [0.4, 0.5) is 23.7 Å². The number of benzene rings is 2. The minimum atomic E-state index is -4.49. The lowest BCUT2D eigenvalue weighted by Gasteiger charge is -2.16. The number of carbonyl (C=O) groups excluding carboxylic acids is 2. The predicted molar refractivity (Wildman–Crippen MR) is 112 cm³/mol. The molecule has 0 spiro atoms. The maximum Gasteiger partial charge on any atom is 0.416 e. The molecule has 2 aromatic carbocycles. The summed E-state index contributed by atoms with van der Waals surface area (Å²) in [6.07, 6.45) is -3.68. The van der Waals surface area contributed by atoms with Crippen molar-refractivity contribution in [1.82, 2.24) is 10.2 Å². The maximum absolute atomic E-state index is 12.7. The van der Waals surface area contributed by atoms with Crippen LogP contribution in [0.25, 0.3) is 0 Å². The molecule has 32 heavy (non-hydrogen) atoms. The molecule has 0 bridgehead atoms. The third-order valence-electron chi connectivity index (χ3n) is 4.86. The molecular weight excluding hydrogens is 427 g/mol. The van der Waals surface area contributed by atoms with Crippen LogP contribution >= 0.6 is 0 Å². The molecule has 3 rings (SSSR count). The molecule has 1 unspecified atom stereocenters. The number of aliphatic hydroxyl groups excluding tert-OH is 1. The van der Waals surface area contributed by atoms with E-state index in [4.69, 9.17) is 4.74 Å². The zero-order valence-electron chi connectivity index (χ0n) is 17.2. The summed E-state index contributed by atoms with van der Waals surface area (Å²) in [5.74, 6) is -0.128. The molecule has 0 saturated carbocycles. The number of anilines is 1. The van der Waals surface area contributed by atoms with Crippen molar-refractivity contribution < 1.29 is 32.6 Å². The van der Waals surface area contributed by atoms with Gasteiger partial charge in [-0.2, -0.15) is 13.2 Å². The van der Waals surface area contributed by atoms with Gasteiger partial charge >= 0.3 is 12.2 Å². The van der Waals surface area contributed by atoms with Gasteiger partial charge in [0.05, 0.1) is 5.56 Å². The molecule has 10 heteroatoms. The van der Waals surface area contributed by atoms with Gasteiger partial charge in [-0.3, -0.25) is 4.79 Å². The lowest BCUT2D eigenvalue weighted by atomic mass is 10.2. The Labute approximate surface area is 183 Å². The van der Waals surface area contributed by atoms with E-state index in [1.807, 2.05) is 0 Å². The van der Waals surface area contributed by atoms with E-state index in [0.29, 0.717) is 11.3 Å². The monoisotopic (exact) mass is 451 g/mol. The Morgan fingerprint density at radius 1 is 1.09 bits per heavy atom. The number of urea groups is 1. The second-order valence-electron chi connectivity index (χ2n) is 7.41. The first kappa shape index (κ1) is 23.4. The number of amides is 3. The lowest BCUT2D eigenvalue weighted by Crippen LogP contribution is -2.37. The molecule has 1 atom stereocenters. The van der Waals surface area contributed by atoms with Crippen molar-refractivity contribution in [3.05, 3.63) is 59.7 Å². The average molecular weight is 451 g/mol. The Morgan fingerprint density at radius 3 is 2.53 bits per heavy atom. The van der Waals surface area contributed by atoms with Gasteiger partial charge in [-0.05, 0) is 49.2 Å². The Morgan fingerprint density at radius 2 is 1.81 bits per heavy atom. The number of halogens is 3. The summed E-state index contributed by atoms with van der Waals surface area (Å²) in [5, 5.41) is 15.0. The van der Waals surface area contributed by atoms with Gasteiger partial charge in [0, 0.05) is 30.9 Å². The second-order valence-corrected chi connectivity index (χ2v) is 7.41. The fourth-order valence-corrected chi connectivity index (χ4v) is 3.23. The number of likely N-dealkylation sites (tertiary alicyclic amines) is 1. The Bertz CT molecular complexity index is 946. The fourth-order valence-electron chi connectivity index (χ4n) is 3.23. The van der Waals surface area contributed by atoms with Gasteiger partial charge in [0.2, 0.25) is 0 Å². The molecule has 1 aliphatic rings. The van der Waals surface area contributed by atoms with Gasteiger partial charge in [0.15, 0.2) is 0 Å². The second kappa shape index (κ2) is 10.4. The SMILES string of the molecule is O=C(NCC(O)COc1cccc(C(F)(F)F)c1)Nc1cccc(C(=O)N2CCCC2)c1. The van der Waals surface area contributed by atoms with Crippen molar-refractivity contribution >= 4 is 17.6 Å². The first-order chi connectivity index (χ1) is 15.2. The molecule has 7 nitrogen and oxygen atoms in total. The predicted octanol–water partition coefficient (Wildman–Crippen LogP) is 3.50. The topological polar surface area (TPSA) is 90.9 Å². The van der Waals surface area contributed by atoms with Gasteiger partial charge < -0.3 is 25.4 Å². The largest absolute Gasteiger partial charge is 0.491 e. The Kier molecular flexibility index (Phi) is 7.57. The summed E-state index contributed by atoms with van der Waals surface area (Å²) in [7, 11) is 0. The molecule has 1 saturated heterocycles. The molecule has 3 amide bonds. The highest BCUT2D eigenvalue weighted by Crippen LogP contribution is 2.31. The van der Waals surface area contributed by atoms with Gasteiger partial charge in [-0.15, -0.1) is 0 Å². The Hall–Kier alpha value is -3.27. The number of ether oxygens (including phenoxy) is 1. The van der Waals surface area contributed by atoms with Crippen LogP contribution in [-0.2, 0) is 6.18 Å². The maximum atomic E-state index is 12.7. The highest BCUT2D eigenvalue weighted by atomic mass is 19.4. The van der Waals surface area contributed by atoms with Crippen molar-refractivity contribution in [2.45, 2.75) is 25.1 Å². The molecule has 1 fully saturated rings. The Balaban J connectivity index is 1.45. The van der Waals surface area contributed by atoms with E-state index >= 15 is 0 Å². The molecule has 0 aliphatic carbocycles. The number of alkyl halides is 3. The molecule has 0 radical (unpaired) electrons. The molecule has 1 heterocycles. The number of nitrogens with one attached hydrogen (secondary N) is 2. The lowest BCUT2D eigenvalue weighted by molar-refractivity contribution is -0.137. The van der Waals surface area contributed by atoms with Crippen molar-refractivity contribution in [1.29, 1.82) is 0 Å². The number of hydrogen-bond donors (Lipinski definition) is 3. The van der Waals surface area contributed by atoms with E-state index in [-0.39, 0.29) is 24.8 Å². The van der Waals surface area contributed by atoms with Gasteiger partial charge in [0.25, 0.3) is 5.91 Å². The molecule has 172 valence electrons. The molecule has 1 aliphatic heterocycles. The first-order valence-corrected chi connectivity index (χ1v) is 10.1. The van der Waals surface area contributed by atoms with E-state index < -0.39 is 23.9 Å². The zero-order chi connectivity index (χ0) is 23.1. The van der Waals surface area contributed by atoms with E-state index in [1.165, 1.54) is 12.1 Å². The minimum absolute atomic E-state index is 0.0391. The summed E-state index contributed by atoms with van der Waals surface area (Å²) >= 11 is 0. The van der Waals surface area contributed by atoms with Crippen LogP contribution in [0.1, 0.15) is 28.8 Å². The molecular formula is C22H24F3N3O4. The van der Waals surface area contributed by atoms with Crippen LogP contribution in [0.2, 0.25) is 0 Å². The zero-order valence-corrected chi connectivity index (χ0v) is 17.2. The number of aliphatic hydroxyl groups is 1. The van der Waals surface area contributed by atoms with Crippen LogP contribution in [-0.4, -0.2) is 54.3 Å². The number of rotatable bonds is 7. The van der Waals surface area contributed by atoms with Crippen molar-refractivity contribution in [3.8, 4) is 5.75 Å². The summed E-state index contributed by atoms with van der Waals surface area (Å²) < 4.78 is 43.3. The van der Waals surface area contributed by atoms with Crippen molar-refractivity contribution in [3.63, 3.8) is 0 Å². The van der Waals surface area contributed by atoms with E-state index in [2.05, 4.69) is 10.6 Å². The number of nitrogens with zero attached hydrogens (tertiary/aromatic N) is 1. The molecule has 3 N–H and O–H groups in total. The van der Waals surface area contributed by atoms with Gasteiger partial charge in [-0.25, -0.2) is 4.79 Å². The summed E-state index contributed by atoms with van der Waals surface area (Å²) in [6.45, 7) is 0.952. The summed E-state index contributed by atoms with van der Waals surface area (Å²) in [5.41, 5.74) is 0.0360. The quantitative estimate of drug-likeness (QED) is 0.601. The third kappa shape index (κ3) is 6.61. The van der Waals surface area contributed by atoms with Crippen LogP contribution in [0.3, 0.4) is 0 Å². The first-order valence-electron chi connectivity index (χ1n) is 10.1. The highest BCUT2D eigenvalue weighted by molar-refractivity contribution is 5.97. The van der Waals surface area contributed by atoms with E-state index in [1.54, 1.807) is 29.2 Å². The smallest absolute Gasteiger partial charge is 0.416 e. The molecule has 0 aromatic heterocycles. The number of hydrogen-bond acceptors (Lipinski definition) is 4. The van der Waals surface area contributed by atoms with Gasteiger partial charge in [0.1, 0.15) is 18.5 Å². The third-order valence-corrected chi connectivity index (χ3v) is 4.86. The van der Waals surface area contributed by atoms with Crippen LogP contribution in [0, 0.1) is 0 Å². The average Bonchev–Trinajstić information content (AvgIpc) is 3.30. The summed E-state index contributed by atoms with van der Waals surface area (Å²) in [6, 6.07) is 10.3. The standard InChI is InChI=1S/C22H24F3N3O4/c23-22(24,25)16-6-4-8-19(12-16)32-14-18(29)13-26-21(31)27-17-7-3-5-15(11-17)20(30)28-9-1-2-10-28/h3-8,11-12,18,29H,1-2,9-10,13-14H2,(H2,26,27,31). The van der Waals surface area contributed by atoms with Crippen molar-refractivity contribution in [2.75, 3.05) is 31.6 Å². The van der Waals surface area contributed by atoms with Crippen LogP contribution in [0.15, 0.2) is 48.5 Å². The van der Waals surface area contributed by atoms with Crippen LogP contribution < -0.4 is 15.4 Å². The molecule has 2 aromatic rings. The summed E-state index contributed by atoms with van der Waals surface area (Å²) in [4.78, 5) is 26.3. The highest BCUT2D eigenvalue weighted by Gasteiger charge is 2.30. The number of carbonyl (C=O) groups is 2. The van der Waals surface area contributed by atoms with Crippen molar-refractivity contribution in [2.24, 2.45) is 0 Å². The van der Waals surface area contributed by atoms with Crippen LogP contribution in [0.5, 0.6) is 5.75 Å². The van der Waals surface area contributed by atoms with E-state index in [9.17, 15) is 27.9 Å².